The van der Waals surface area contributed by atoms with E-state index in [1.54, 1.807) is 0 Å². The smallest absolute Gasteiger partial charge is 0.257 e. The number of hydrogen-bond acceptors (Lipinski definition) is 7. The number of nitrogens with zero attached hydrogens (tertiary/aromatic N) is 4. The van der Waals surface area contributed by atoms with Crippen molar-refractivity contribution in [3.63, 3.8) is 0 Å². The Morgan fingerprint density at radius 1 is 1.25 bits per heavy atom. The lowest BCUT2D eigenvalue weighted by molar-refractivity contribution is 0.0642. The molecule has 1 aromatic rings. The van der Waals surface area contributed by atoms with Crippen LogP contribution in [0.15, 0.2) is 12.4 Å². The van der Waals surface area contributed by atoms with Gasteiger partial charge in [-0.25, -0.2) is 18.4 Å². The molecule has 2 aliphatic heterocycles. The number of rotatable bonds is 4. The molecule has 9 heteroatoms. The number of carbonyl (C=O) groups excluding carboxylic acids is 1. The maximum absolute atomic E-state index is 12.5. The molecule has 0 aromatic carbocycles. The Morgan fingerprint density at radius 3 is 2.46 bits per heavy atom. The molecule has 0 radical (unpaired) electrons. The van der Waals surface area contributed by atoms with E-state index in [1.165, 1.54) is 12.4 Å². The lowest BCUT2D eigenvalue weighted by atomic mass is 10.2. The van der Waals surface area contributed by atoms with Gasteiger partial charge in [0, 0.05) is 44.6 Å². The van der Waals surface area contributed by atoms with E-state index in [0.717, 1.165) is 19.6 Å². The second-order valence-corrected chi connectivity index (χ2v) is 8.49. The summed E-state index contributed by atoms with van der Waals surface area (Å²) in [6.45, 7) is 6.33. The summed E-state index contributed by atoms with van der Waals surface area (Å²) in [7, 11) is -2.94. The molecule has 1 N–H and O–H groups in total. The highest BCUT2D eigenvalue weighted by Crippen LogP contribution is 2.15. The van der Waals surface area contributed by atoms with Crippen molar-refractivity contribution in [1.29, 1.82) is 0 Å². The highest BCUT2D eigenvalue weighted by Gasteiger charge is 2.28. The van der Waals surface area contributed by atoms with Gasteiger partial charge in [0.15, 0.2) is 9.84 Å². The SMILES string of the molecule is CCN1CCN(C(=O)c2cnc(NC3CCS(=O)(=O)C3)nc2)CC1. The first-order valence-corrected chi connectivity index (χ1v) is 10.1. The molecular formula is C15H23N5O3S. The van der Waals surface area contributed by atoms with Crippen LogP contribution in [0.25, 0.3) is 0 Å². The number of carbonyl (C=O) groups is 1. The molecule has 0 spiro atoms. The Balaban J connectivity index is 1.57. The molecule has 3 rings (SSSR count). The summed E-state index contributed by atoms with van der Waals surface area (Å²) in [5.41, 5.74) is 0.463. The van der Waals surface area contributed by atoms with Gasteiger partial charge in [-0.15, -0.1) is 0 Å². The van der Waals surface area contributed by atoms with E-state index in [9.17, 15) is 13.2 Å². The zero-order valence-electron chi connectivity index (χ0n) is 13.8. The van der Waals surface area contributed by atoms with Crippen LogP contribution in [0.4, 0.5) is 5.95 Å². The van der Waals surface area contributed by atoms with E-state index < -0.39 is 9.84 Å². The van der Waals surface area contributed by atoms with Gasteiger partial charge < -0.3 is 15.1 Å². The summed E-state index contributed by atoms with van der Waals surface area (Å²) >= 11 is 0. The molecule has 1 amide bonds. The van der Waals surface area contributed by atoms with E-state index in [2.05, 4.69) is 27.1 Å². The number of piperazine rings is 1. The number of nitrogens with one attached hydrogen (secondary N) is 1. The summed E-state index contributed by atoms with van der Waals surface area (Å²) in [5, 5.41) is 3.02. The molecule has 0 aliphatic carbocycles. The number of likely N-dealkylation sites (N-methyl/N-ethyl adjacent to an activating group) is 1. The van der Waals surface area contributed by atoms with Crippen LogP contribution in [-0.2, 0) is 9.84 Å². The van der Waals surface area contributed by atoms with Gasteiger partial charge in [-0.05, 0) is 13.0 Å². The monoisotopic (exact) mass is 353 g/mol. The molecule has 8 nitrogen and oxygen atoms in total. The van der Waals surface area contributed by atoms with Crippen LogP contribution in [-0.4, -0.2) is 84.4 Å². The van der Waals surface area contributed by atoms with Gasteiger partial charge in [0.05, 0.1) is 17.1 Å². The van der Waals surface area contributed by atoms with Crippen molar-refractivity contribution in [2.75, 3.05) is 49.5 Å². The molecule has 0 bridgehead atoms. The van der Waals surface area contributed by atoms with Crippen LogP contribution in [0.2, 0.25) is 0 Å². The van der Waals surface area contributed by atoms with Crippen molar-refractivity contribution in [1.82, 2.24) is 19.8 Å². The second kappa shape index (κ2) is 7.02. The molecule has 3 heterocycles. The summed E-state index contributed by atoms with van der Waals surface area (Å²) < 4.78 is 22.9. The Kier molecular flexibility index (Phi) is 5.00. The minimum Gasteiger partial charge on any atom is -0.350 e. The summed E-state index contributed by atoms with van der Waals surface area (Å²) in [5.74, 6) is 0.620. The Labute approximate surface area is 142 Å². The standard InChI is InChI=1S/C15H23N5O3S/c1-2-19-4-6-20(7-5-19)14(21)12-9-16-15(17-10-12)18-13-3-8-24(22,23)11-13/h9-10,13H,2-8,11H2,1H3,(H,16,17,18). The number of aromatic nitrogens is 2. The van der Waals surface area contributed by atoms with Crippen molar-refractivity contribution >= 4 is 21.7 Å². The van der Waals surface area contributed by atoms with E-state index in [4.69, 9.17) is 0 Å². The number of sulfone groups is 1. The van der Waals surface area contributed by atoms with Crippen LogP contribution in [0, 0.1) is 0 Å². The molecule has 0 saturated carbocycles. The molecule has 1 atom stereocenters. The molecule has 1 aromatic heterocycles. The highest BCUT2D eigenvalue weighted by molar-refractivity contribution is 7.91. The Hall–Kier alpha value is -1.74. The number of anilines is 1. The maximum Gasteiger partial charge on any atom is 0.257 e. The van der Waals surface area contributed by atoms with Gasteiger partial charge in [0.1, 0.15) is 0 Å². The highest BCUT2D eigenvalue weighted by atomic mass is 32.2. The average molecular weight is 353 g/mol. The molecular weight excluding hydrogens is 330 g/mol. The number of hydrogen-bond donors (Lipinski definition) is 1. The van der Waals surface area contributed by atoms with E-state index in [-0.39, 0.29) is 23.5 Å². The molecule has 132 valence electrons. The average Bonchev–Trinajstić information content (AvgIpc) is 2.93. The van der Waals surface area contributed by atoms with E-state index >= 15 is 0 Å². The largest absolute Gasteiger partial charge is 0.350 e. The third-order valence-electron chi connectivity index (χ3n) is 4.57. The molecule has 2 saturated heterocycles. The van der Waals surface area contributed by atoms with Crippen molar-refractivity contribution in [3.8, 4) is 0 Å². The first-order chi connectivity index (χ1) is 11.5. The summed E-state index contributed by atoms with van der Waals surface area (Å²) in [6, 6.07) is -0.154. The second-order valence-electron chi connectivity index (χ2n) is 6.27. The third kappa shape index (κ3) is 4.02. The molecule has 1 unspecified atom stereocenters. The normalized spacial score (nSPS) is 24.0. The van der Waals surface area contributed by atoms with Gasteiger partial charge in [-0.2, -0.15) is 0 Å². The van der Waals surface area contributed by atoms with Crippen LogP contribution >= 0.6 is 0 Å². The van der Waals surface area contributed by atoms with Crippen molar-refractivity contribution in [2.24, 2.45) is 0 Å². The lowest BCUT2D eigenvalue weighted by Crippen LogP contribution is -2.48. The van der Waals surface area contributed by atoms with Gasteiger partial charge in [-0.1, -0.05) is 6.92 Å². The van der Waals surface area contributed by atoms with Crippen molar-refractivity contribution in [3.05, 3.63) is 18.0 Å². The predicted molar refractivity (Wildman–Crippen MR) is 90.7 cm³/mol. The van der Waals surface area contributed by atoms with Crippen LogP contribution in [0.3, 0.4) is 0 Å². The van der Waals surface area contributed by atoms with Gasteiger partial charge >= 0.3 is 0 Å². The minimum absolute atomic E-state index is 0.0549. The fraction of sp³-hybridized carbons (Fsp3) is 0.667. The van der Waals surface area contributed by atoms with Crippen LogP contribution < -0.4 is 5.32 Å². The van der Waals surface area contributed by atoms with Crippen molar-refractivity contribution in [2.45, 2.75) is 19.4 Å². The van der Waals surface area contributed by atoms with E-state index in [0.29, 0.717) is 31.0 Å². The first-order valence-electron chi connectivity index (χ1n) is 8.27. The molecule has 2 fully saturated rings. The minimum atomic E-state index is -2.94. The van der Waals surface area contributed by atoms with E-state index in [1.807, 2.05) is 4.90 Å². The fourth-order valence-corrected chi connectivity index (χ4v) is 4.73. The third-order valence-corrected chi connectivity index (χ3v) is 6.34. The van der Waals surface area contributed by atoms with Gasteiger partial charge in [0.2, 0.25) is 5.95 Å². The summed E-state index contributed by atoms with van der Waals surface area (Å²) in [6.07, 6.45) is 3.58. The van der Waals surface area contributed by atoms with Gasteiger partial charge in [-0.3, -0.25) is 4.79 Å². The van der Waals surface area contributed by atoms with Crippen LogP contribution in [0.1, 0.15) is 23.7 Å². The van der Waals surface area contributed by atoms with Crippen molar-refractivity contribution < 1.29 is 13.2 Å². The van der Waals surface area contributed by atoms with Gasteiger partial charge in [0.25, 0.3) is 5.91 Å². The molecule has 24 heavy (non-hydrogen) atoms. The molecule has 2 aliphatic rings. The zero-order valence-corrected chi connectivity index (χ0v) is 14.6. The lowest BCUT2D eigenvalue weighted by Gasteiger charge is -2.33. The Morgan fingerprint density at radius 2 is 1.92 bits per heavy atom. The predicted octanol–water partition coefficient (Wildman–Crippen LogP) is -0.147. The number of amides is 1. The summed E-state index contributed by atoms with van der Waals surface area (Å²) in [4.78, 5) is 24.9. The quantitative estimate of drug-likeness (QED) is 0.804. The maximum atomic E-state index is 12.5. The fourth-order valence-electron chi connectivity index (χ4n) is 3.05. The Bertz CT molecular complexity index is 684. The topological polar surface area (TPSA) is 95.5 Å². The zero-order chi connectivity index (χ0) is 17.2. The first kappa shape index (κ1) is 17.1. The van der Waals surface area contributed by atoms with Crippen LogP contribution in [0.5, 0.6) is 0 Å².